The molecule has 4 rings (SSSR count). The van der Waals surface area contributed by atoms with Crippen LogP contribution in [0.15, 0.2) is 53.7 Å². The van der Waals surface area contributed by atoms with Crippen LogP contribution in [-0.4, -0.2) is 35.4 Å². The predicted molar refractivity (Wildman–Crippen MR) is 98.2 cm³/mol. The number of alkyl halides is 3. The predicted octanol–water partition coefficient (Wildman–Crippen LogP) is 4.22. The highest BCUT2D eigenvalue weighted by Gasteiger charge is 2.32. The number of hydrogen-bond donors (Lipinski definition) is 0. The molecule has 0 bridgehead atoms. The molecule has 1 saturated heterocycles. The van der Waals surface area contributed by atoms with Crippen molar-refractivity contribution in [2.24, 2.45) is 0 Å². The SMILES string of the molecule is O=S(=O)(c1ccc(F)cc1)N1CCC(n2cnc3cc(C(F)(F)F)ccc32)CC1. The standard InChI is InChI=1S/C19H17F4N3O2S/c20-14-2-4-16(5-3-14)29(27,28)25-9-7-15(8-10-25)26-12-24-17-11-13(19(21,22)23)1-6-18(17)26/h1-6,11-12,15H,7-10H2. The van der Waals surface area contributed by atoms with Gasteiger partial charge < -0.3 is 4.57 Å². The Bertz CT molecular complexity index is 1130. The zero-order valence-corrected chi connectivity index (χ0v) is 15.9. The van der Waals surface area contributed by atoms with E-state index in [4.69, 9.17) is 0 Å². The van der Waals surface area contributed by atoms with E-state index in [0.29, 0.717) is 18.4 Å². The molecule has 0 atom stereocenters. The number of fused-ring (bicyclic) bond motifs is 1. The Labute approximate surface area is 164 Å². The minimum atomic E-state index is -4.43. The van der Waals surface area contributed by atoms with Gasteiger partial charge in [0.15, 0.2) is 0 Å². The van der Waals surface area contributed by atoms with Crippen LogP contribution in [0.5, 0.6) is 0 Å². The Hall–Kier alpha value is -2.46. The van der Waals surface area contributed by atoms with Gasteiger partial charge in [0.25, 0.3) is 0 Å². The second-order valence-corrected chi connectivity index (χ2v) is 8.88. The van der Waals surface area contributed by atoms with Crippen molar-refractivity contribution in [2.45, 2.75) is 30.0 Å². The van der Waals surface area contributed by atoms with Crippen LogP contribution in [0.2, 0.25) is 0 Å². The molecule has 0 saturated carbocycles. The maximum absolute atomic E-state index is 13.1. The summed E-state index contributed by atoms with van der Waals surface area (Å²) in [6, 6.07) is 8.04. The zero-order chi connectivity index (χ0) is 20.8. The third-order valence-electron chi connectivity index (χ3n) is 5.17. The number of piperidine rings is 1. The first-order valence-corrected chi connectivity index (χ1v) is 10.4. The van der Waals surface area contributed by atoms with E-state index >= 15 is 0 Å². The molecule has 2 heterocycles. The smallest absolute Gasteiger partial charge is 0.327 e. The molecule has 0 unspecified atom stereocenters. The molecule has 2 aromatic carbocycles. The highest BCUT2D eigenvalue weighted by atomic mass is 32.2. The lowest BCUT2D eigenvalue weighted by molar-refractivity contribution is -0.137. The van der Waals surface area contributed by atoms with Crippen LogP contribution in [0.1, 0.15) is 24.4 Å². The molecule has 1 aromatic heterocycles. The maximum Gasteiger partial charge on any atom is 0.416 e. The summed E-state index contributed by atoms with van der Waals surface area (Å²) < 4.78 is 80.3. The van der Waals surface area contributed by atoms with Gasteiger partial charge in [0.05, 0.1) is 27.8 Å². The Kier molecular flexibility index (Phi) is 4.86. The fourth-order valence-corrected chi connectivity index (χ4v) is 5.09. The molecule has 0 aliphatic carbocycles. The van der Waals surface area contributed by atoms with Gasteiger partial charge in [-0.2, -0.15) is 17.5 Å². The quantitative estimate of drug-likeness (QED) is 0.588. The van der Waals surface area contributed by atoms with Crippen molar-refractivity contribution in [3.8, 4) is 0 Å². The van der Waals surface area contributed by atoms with Crippen molar-refractivity contribution in [2.75, 3.05) is 13.1 Å². The van der Waals surface area contributed by atoms with Crippen LogP contribution in [0.3, 0.4) is 0 Å². The number of hydrogen-bond acceptors (Lipinski definition) is 3. The minimum absolute atomic E-state index is 0.0325. The van der Waals surface area contributed by atoms with E-state index < -0.39 is 27.6 Å². The lowest BCUT2D eigenvalue weighted by Gasteiger charge is -2.32. The third-order valence-corrected chi connectivity index (χ3v) is 7.08. The second-order valence-electron chi connectivity index (χ2n) is 6.94. The Morgan fingerprint density at radius 1 is 1.00 bits per heavy atom. The number of benzene rings is 2. The number of imidazole rings is 1. The van der Waals surface area contributed by atoms with E-state index in [0.717, 1.165) is 24.3 Å². The number of aromatic nitrogens is 2. The monoisotopic (exact) mass is 427 g/mol. The molecule has 1 aliphatic rings. The van der Waals surface area contributed by atoms with E-state index in [2.05, 4.69) is 4.98 Å². The molecule has 0 N–H and O–H groups in total. The van der Waals surface area contributed by atoms with E-state index in [1.54, 1.807) is 4.57 Å². The fraction of sp³-hybridized carbons (Fsp3) is 0.316. The first-order chi connectivity index (χ1) is 13.7. The van der Waals surface area contributed by atoms with Gasteiger partial charge in [0, 0.05) is 19.1 Å². The zero-order valence-electron chi connectivity index (χ0n) is 15.1. The Morgan fingerprint density at radius 2 is 1.66 bits per heavy atom. The van der Waals surface area contributed by atoms with Gasteiger partial charge in [-0.1, -0.05) is 0 Å². The summed E-state index contributed by atoms with van der Waals surface area (Å²) >= 11 is 0. The average Bonchev–Trinajstić information content (AvgIpc) is 3.11. The van der Waals surface area contributed by atoms with Crippen LogP contribution < -0.4 is 0 Å². The molecule has 0 radical (unpaired) electrons. The summed E-state index contributed by atoms with van der Waals surface area (Å²) in [4.78, 5) is 4.12. The lowest BCUT2D eigenvalue weighted by Crippen LogP contribution is -2.38. The molecule has 10 heteroatoms. The van der Waals surface area contributed by atoms with Crippen LogP contribution in [0.4, 0.5) is 17.6 Å². The van der Waals surface area contributed by atoms with E-state index in [1.807, 2.05) is 0 Å². The summed E-state index contributed by atoms with van der Waals surface area (Å²) in [6.45, 7) is 0.509. The van der Waals surface area contributed by atoms with Crippen LogP contribution >= 0.6 is 0 Å². The Morgan fingerprint density at radius 3 is 2.28 bits per heavy atom. The summed E-state index contributed by atoms with van der Waals surface area (Å²) in [5, 5.41) is 0. The normalized spacial score (nSPS) is 17.1. The van der Waals surface area contributed by atoms with Gasteiger partial charge in [-0.05, 0) is 55.3 Å². The van der Waals surface area contributed by atoms with E-state index in [9.17, 15) is 26.0 Å². The van der Waals surface area contributed by atoms with Gasteiger partial charge >= 0.3 is 6.18 Å². The topological polar surface area (TPSA) is 55.2 Å². The highest BCUT2D eigenvalue weighted by molar-refractivity contribution is 7.89. The van der Waals surface area contributed by atoms with Gasteiger partial charge in [0.2, 0.25) is 10.0 Å². The molecule has 154 valence electrons. The molecule has 1 aliphatic heterocycles. The second kappa shape index (κ2) is 7.10. The fourth-order valence-electron chi connectivity index (χ4n) is 3.62. The van der Waals surface area contributed by atoms with E-state index in [-0.39, 0.29) is 29.5 Å². The molecule has 1 fully saturated rings. The number of nitrogens with zero attached hydrogens (tertiary/aromatic N) is 3. The van der Waals surface area contributed by atoms with Gasteiger partial charge in [0.1, 0.15) is 5.82 Å². The largest absolute Gasteiger partial charge is 0.416 e. The Balaban J connectivity index is 1.52. The maximum atomic E-state index is 13.1. The van der Waals surface area contributed by atoms with Crippen LogP contribution in [-0.2, 0) is 16.2 Å². The van der Waals surface area contributed by atoms with E-state index in [1.165, 1.54) is 28.8 Å². The van der Waals surface area contributed by atoms with Crippen LogP contribution in [0.25, 0.3) is 11.0 Å². The minimum Gasteiger partial charge on any atom is -0.327 e. The first-order valence-electron chi connectivity index (χ1n) is 8.96. The van der Waals surface area contributed by atoms with Crippen molar-refractivity contribution in [3.05, 3.63) is 60.2 Å². The molecule has 0 spiro atoms. The van der Waals surface area contributed by atoms with Gasteiger partial charge in [-0.25, -0.2) is 17.8 Å². The van der Waals surface area contributed by atoms with Crippen molar-refractivity contribution in [1.82, 2.24) is 13.9 Å². The van der Waals surface area contributed by atoms with Crippen LogP contribution in [0, 0.1) is 5.82 Å². The summed E-state index contributed by atoms with van der Waals surface area (Å²) in [5.74, 6) is -0.511. The van der Waals surface area contributed by atoms with Gasteiger partial charge in [-0.3, -0.25) is 0 Å². The summed E-state index contributed by atoms with van der Waals surface area (Å²) in [6.07, 6.45) is -1.95. The highest BCUT2D eigenvalue weighted by Crippen LogP contribution is 2.33. The number of halogens is 4. The molecule has 0 amide bonds. The lowest BCUT2D eigenvalue weighted by atomic mass is 10.1. The molecular weight excluding hydrogens is 410 g/mol. The summed E-state index contributed by atoms with van der Waals surface area (Å²) in [5.41, 5.74) is 0.0782. The molecule has 29 heavy (non-hydrogen) atoms. The summed E-state index contributed by atoms with van der Waals surface area (Å²) in [7, 11) is -3.72. The molecule has 3 aromatic rings. The number of sulfonamides is 1. The number of rotatable bonds is 3. The first kappa shape index (κ1) is 19.8. The molecule has 5 nitrogen and oxygen atoms in total. The van der Waals surface area contributed by atoms with Crippen molar-refractivity contribution >= 4 is 21.1 Å². The average molecular weight is 427 g/mol. The third kappa shape index (κ3) is 3.74. The van der Waals surface area contributed by atoms with Crippen molar-refractivity contribution in [3.63, 3.8) is 0 Å². The van der Waals surface area contributed by atoms with Crippen molar-refractivity contribution in [1.29, 1.82) is 0 Å². The van der Waals surface area contributed by atoms with Crippen molar-refractivity contribution < 1.29 is 26.0 Å². The molecular formula is C19H17F4N3O2S. The van der Waals surface area contributed by atoms with Gasteiger partial charge in [-0.15, -0.1) is 0 Å².